The highest BCUT2D eigenvalue weighted by molar-refractivity contribution is 7.92. The van der Waals surface area contributed by atoms with E-state index in [9.17, 15) is 18.3 Å². The topological polar surface area (TPSA) is 97.1 Å². The number of furan rings is 1. The van der Waals surface area contributed by atoms with Crippen LogP contribution in [0.3, 0.4) is 0 Å². The first kappa shape index (κ1) is 18.2. The Morgan fingerprint density at radius 2 is 2.08 bits per heavy atom. The maximum Gasteiger partial charge on any atom is 0.308 e. The highest BCUT2D eigenvalue weighted by Crippen LogP contribution is 2.48. The monoisotopic (exact) mass is 373 g/mol. The second-order valence-electron chi connectivity index (χ2n) is 4.89. The van der Waals surface area contributed by atoms with Gasteiger partial charge in [-0.05, 0) is 19.1 Å². The number of aromatic hydroxyl groups is 1. The molecule has 0 fully saturated rings. The van der Waals surface area contributed by atoms with Gasteiger partial charge in [-0.1, -0.05) is 23.7 Å². The summed E-state index contributed by atoms with van der Waals surface area (Å²) >= 11 is 5.92. The first-order valence-corrected chi connectivity index (χ1v) is 8.92. The maximum atomic E-state index is 12.1. The molecule has 24 heavy (non-hydrogen) atoms. The van der Waals surface area contributed by atoms with Crippen LogP contribution in [-0.4, -0.2) is 32.3 Å². The molecule has 0 unspecified atom stereocenters. The molecule has 0 bridgehead atoms. The van der Waals surface area contributed by atoms with Crippen molar-refractivity contribution in [3.8, 4) is 22.8 Å². The third-order valence-corrected chi connectivity index (χ3v) is 5.19. The molecule has 2 aromatic rings. The highest BCUT2D eigenvalue weighted by Gasteiger charge is 2.31. The van der Waals surface area contributed by atoms with Gasteiger partial charge in [0, 0.05) is 24.6 Å². The van der Waals surface area contributed by atoms with Gasteiger partial charge in [-0.2, -0.15) is 0 Å². The number of esters is 1. The molecule has 0 aliphatic rings. The molecule has 1 aromatic heterocycles. The smallest absolute Gasteiger partial charge is 0.308 e. The molecule has 1 N–H and O–H groups in total. The lowest BCUT2D eigenvalue weighted by atomic mass is 10.1. The number of anilines is 1. The zero-order valence-electron chi connectivity index (χ0n) is 13.2. The summed E-state index contributed by atoms with van der Waals surface area (Å²) in [7, 11) is -2.45. The summed E-state index contributed by atoms with van der Waals surface area (Å²) in [5, 5.41) is 10.8. The Morgan fingerprint density at radius 3 is 2.62 bits per heavy atom. The summed E-state index contributed by atoms with van der Waals surface area (Å²) < 4.78 is 35.4. The summed E-state index contributed by atoms with van der Waals surface area (Å²) in [6.45, 7) is 2.58. The summed E-state index contributed by atoms with van der Waals surface area (Å²) in [5.74, 6) is -2.12. The molecule has 0 aliphatic carbocycles. The maximum absolute atomic E-state index is 12.1. The number of benzene rings is 1. The van der Waals surface area contributed by atoms with Crippen LogP contribution in [0.1, 0.15) is 13.8 Å². The Balaban J connectivity index is 2.66. The summed E-state index contributed by atoms with van der Waals surface area (Å²) in [6.07, 6.45) is 0. The summed E-state index contributed by atoms with van der Waals surface area (Å²) in [5.41, 5.74) is 0.405. The van der Waals surface area contributed by atoms with Gasteiger partial charge in [0.1, 0.15) is 0 Å². The van der Waals surface area contributed by atoms with Crippen LogP contribution in [0.4, 0.5) is 5.88 Å². The van der Waals surface area contributed by atoms with E-state index < -0.39 is 21.7 Å². The normalized spacial score (nSPS) is 11.3. The predicted octanol–water partition coefficient (Wildman–Crippen LogP) is 3.02. The molecule has 1 heterocycles. The van der Waals surface area contributed by atoms with Gasteiger partial charge in [-0.25, -0.2) is 12.7 Å². The fourth-order valence-corrected chi connectivity index (χ4v) is 2.93. The fraction of sp³-hybridized carbons (Fsp3) is 0.267. The van der Waals surface area contributed by atoms with E-state index in [0.29, 0.717) is 10.6 Å². The van der Waals surface area contributed by atoms with E-state index in [-0.39, 0.29) is 23.1 Å². The molecule has 0 saturated carbocycles. The van der Waals surface area contributed by atoms with E-state index >= 15 is 0 Å². The van der Waals surface area contributed by atoms with Crippen LogP contribution in [0.2, 0.25) is 5.02 Å². The van der Waals surface area contributed by atoms with Crippen molar-refractivity contribution in [3.05, 3.63) is 29.3 Å². The fourth-order valence-electron chi connectivity index (χ4n) is 1.98. The highest BCUT2D eigenvalue weighted by atomic mass is 35.5. The Hall–Kier alpha value is -2.19. The van der Waals surface area contributed by atoms with Crippen molar-refractivity contribution in [2.75, 3.05) is 17.1 Å². The van der Waals surface area contributed by atoms with Gasteiger partial charge in [-0.3, -0.25) is 4.79 Å². The van der Waals surface area contributed by atoms with Crippen molar-refractivity contribution in [2.45, 2.75) is 13.8 Å². The third-order valence-electron chi connectivity index (χ3n) is 3.22. The first-order chi connectivity index (χ1) is 11.2. The predicted molar refractivity (Wildman–Crippen MR) is 90.0 cm³/mol. The number of hydrogen-bond acceptors (Lipinski definition) is 6. The zero-order valence-corrected chi connectivity index (χ0v) is 14.8. The number of rotatable bonds is 5. The second kappa shape index (κ2) is 6.74. The van der Waals surface area contributed by atoms with Crippen LogP contribution in [0.25, 0.3) is 11.3 Å². The lowest BCUT2D eigenvalue weighted by Gasteiger charge is -2.16. The number of sulfonamides is 1. The molecule has 2 rings (SSSR count). The molecule has 0 atom stereocenters. The molecule has 1 aromatic carbocycles. The number of carbonyl (C=O) groups excluding carboxylic acids is 1. The van der Waals surface area contributed by atoms with E-state index in [0.717, 1.165) is 11.2 Å². The Kier molecular flexibility index (Phi) is 5.10. The van der Waals surface area contributed by atoms with Crippen molar-refractivity contribution < 1.29 is 27.5 Å². The SMILES string of the molecule is CCS(=O)(=O)N(C)c1oc(-c2cccc(Cl)c2)c(O)c1OC(C)=O. The van der Waals surface area contributed by atoms with Gasteiger partial charge in [0.15, 0.2) is 5.76 Å². The van der Waals surface area contributed by atoms with Gasteiger partial charge >= 0.3 is 5.97 Å². The van der Waals surface area contributed by atoms with Gasteiger partial charge in [-0.15, -0.1) is 0 Å². The number of nitrogens with zero attached hydrogens (tertiary/aromatic N) is 1. The minimum atomic E-state index is -3.69. The van der Waals surface area contributed by atoms with E-state index in [4.69, 9.17) is 20.8 Å². The van der Waals surface area contributed by atoms with Crippen LogP contribution < -0.4 is 9.04 Å². The number of halogens is 1. The van der Waals surface area contributed by atoms with Crippen LogP contribution in [-0.2, 0) is 14.8 Å². The standard InChI is InChI=1S/C15H16ClNO6S/c1-4-24(20,21)17(3)15-14(22-9(2)18)12(19)13(23-15)10-6-5-7-11(16)8-10/h5-8,19H,4H2,1-3H3. The number of hydrogen-bond donors (Lipinski definition) is 1. The molecule has 0 spiro atoms. The van der Waals surface area contributed by atoms with Crippen molar-refractivity contribution in [2.24, 2.45) is 0 Å². The molecular weight excluding hydrogens is 358 g/mol. The van der Waals surface area contributed by atoms with Crippen molar-refractivity contribution in [1.82, 2.24) is 0 Å². The van der Waals surface area contributed by atoms with Crippen molar-refractivity contribution >= 4 is 33.5 Å². The van der Waals surface area contributed by atoms with Crippen LogP contribution in [0, 0.1) is 0 Å². The lowest BCUT2D eigenvalue weighted by Crippen LogP contribution is -2.28. The van der Waals surface area contributed by atoms with Crippen molar-refractivity contribution in [1.29, 1.82) is 0 Å². The average Bonchev–Trinajstić information content (AvgIpc) is 2.83. The molecular formula is C15H16ClNO6S. The largest absolute Gasteiger partial charge is 0.502 e. The first-order valence-electron chi connectivity index (χ1n) is 6.94. The summed E-state index contributed by atoms with van der Waals surface area (Å²) in [4.78, 5) is 11.3. The number of carbonyl (C=O) groups is 1. The lowest BCUT2D eigenvalue weighted by molar-refractivity contribution is -0.132. The van der Waals surface area contributed by atoms with Crippen molar-refractivity contribution in [3.63, 3.8) is 0 Å². The van der Waals surface area contributed by atoms with Gasteiger partial charge in [0.25, 0.3) is 5.88 Å². The van der Waals surface area contributed by atoms with E-state index in [2.05, 4.69) is 0 Å². The molecule has 130 valence electrons. The zero-order chi connectivity index (χ0) is 18.1. The Bertz CT molecular complexity index is 874. The van der Waals surface area contributed by atoms with E-state index in [1.54, 1.807) is 18.2 Å². The molecule has 9 heteroatoms. The minimum Gasteiger partial charge on any atom is -0.502 e. The number of ether oxygens (including phenoxy) is 1. The van der Waals surface area contributed by atoms with Crippen LogP contribution >= 0.6 is 11.6 Å². The minimum absolute atomic E-state index is 0.0538. The molecule has 0 amide bonds. The Labute approximate surface area is 144 Å². The summed E-state index contributed by atoms with van der Waals surface area (Å²) in [6, 6.07) is 6.40. The average molecular weight is 374 g/mol. The van der Waals surface area contributed by atoms with Gasteiger partial charge in [0.05, 0.1) is 5.75 Å². The van der Waals surface area contributed by atoms with Gasteiger partial charge < -0.3 is 14.3 Å². The quantitative estimate of drug-likeness (QED) is 0.809. The third kappa shape index (κ3) is 3.49. The molecule has 0 radical (unpaired) electrons. The molecule has 7 nitrogen and oxygen atoms in total. The molecule has 0 saturated heterocycles. The van der Waals surface area contributed by atoms with Gasteiger partial charge in [0.2, 0.25) is 21.5 Å². The second-order valence-corrected chi connectivity index (χ2v) is 7.61. The van der Waals surface area contributed by atoms with Crippen LogP contribution in [0.5, 0.6) is 11.5 Å². The van der Waals surface area contributed by atoms with Crippen LogP contribution in [0.15, 0.2) is 28.7 Å². The Morgan fingerprint density at radius 1 is 1.42 bits per heavy atom. The molecule has 0 aliphatic heterocycles. The van der Waals surface area contributed by atoms with E-state index in [1.807, 2.05) is 0 Å². The van der Waals surface area contributed by atoms with E-state index in [1.165, 1.54) is 20.0 Å².